The molecule has 8 nitrogen and oxygen atoms in total. The molecule has 0 spiro atoms. The number of ether oxygens (including phenoxy) is 4. The Bertz CT molecular complexity index is 1330. The summed E-state index contributed by atoms with van der Waals surface area (Å²) < 4.78 is 21.6. The molecular formula is C33H36O8. The predicted octanol–water partition coefficient (Wildman–Crippen LogP) is 7.40. The first-order chi connectivity index (χ1) is 19.8. The fraction of sp³-hybridized carbons (Fsp3) is 0.333. The molecule has 0 radical (unpaired) electrons. The average Bonchev–Trinajstić information content (AvgIpc) is 2.95. The molecule has 0 bridgehead atoms. The summed E-state index contributed by atoms with van der Waals surface area (Å²) in [7, 11) is 0. The zero-order valence-corrected chi connectivity index (χ0v) is 23.8. The average molecular weight is 561 g/mol. The minimum Gasteiger partial charge on any atom is -0.427 e. The molecule has 3 aromatic carbocycles. The van der Waals surface area contributed by atoms with Crippen LogP contribution in [0.1, 0.15) is 91.5 Å². The first-order valence-electron chi connectivity index (χ1n) is 14.0. The molecule has 0 unspecified atom stereocenters. The van der Waals surface area contributed by atoms with Gasteiger partial charge in [0.15, 0.2) is 0 Å². The molecule has 0 saturated carbocycles. The maximum atomic E-state index is 12.6. The first-order valence-corrected chi connectivity index (χ1v) is 14.0. The van der Waals surface area contributed by atoms with Crippen LogP contribution in [0, 0.1) is 6.92 Å². The van der Waals surface area contributed by atoms with Crippen LogP contribution >= 0.6 is 0 Å². The molecule has 0 aromatic heterocycles. The Morgan fingerprint density at radius 1 is 0.537 bits per heavy atom. The lowest BCUT2D eigenvalue weighted by Crippen LogP contribution is -2.11. The molecule has 3 rings (SSSR count). The molecular weight excluding hydrogens is 524 g/mol. The van der Waals surface area contributed by atoms with Gasteiger partial charge in [-0.25, -0.2) is 9.59 Å². The van der Waals surface area contributed by atoms with Crippen LogP contribution in [0.3, 0.4) is 0 Å². The van der Waals surface area contributed by atoms with E-state index in [9.17, 15) is 19.2 Å². The van der Waals surface area contributed by atoms with Crippen molar-refractivity contribution in [3.63, 3.8) is 0 Å². The first kappa shape index (κ1) is 31.1. The molecule has 0 fully saturated rings. The minimum absolute atomic E-state index is 0.281. The van der Waals surface area contributed by atoms with E-state index in [4.69, 9.17) is 18.9 Å². The summed E-state index contributed by atoms with van der Waals surface area (Å²) in [6.07, 6.45) is 6.24. The highest BCUT2D eigenvalue weighted by molar-refractivity contribution is 5.92. The molecule has 0 aliphatic carbocycles. The molecule has 41 heavy (non-hydrogen) atoms. The van der Waals surface area contributed by atoms with Gasteiger partial charge in [-0.1, -0.05) is 39.5 Å². The van der Waals surface area contributed by atoms with Crippen LogP contribution in [0.25, 0.3) is 0 Å². The van der Waals surface area contributed by atoms with Crippen LogP contribution < -0.4 is 18.9 Å². The van der Waals surface area contributed by atoms with E-state index in [1.54, 1.807) is 43.3 Å². The number of aryl methyl sites for hydroxylation is 1. The van der Waals surface area contributed by atoms with Crippen molar-refractivity contribution in [1.29, 1.82) is 0 Å². The van der Waals surface area contributed by atoms with Crippen LogP contribution in [-0.2, 0) is 9.59 Å². The molecule has 0 aliphatic rings. The maximum Gasteiger partial charge on any atom is 0.343 e. The summed E-state index contributed by atoms with van der Waals surface area (Å²) in [5.41, 5.74) is 1.17. The Morgan fingerprint density at radius 2 is 0.976 bits per heavy atom. The Kier molecular flexibility index (Phi) is 12.1. The van der Waals surface area contributed by atoms with Gasteiger partial charge >= 0.3 is 23.9 Å². The topological polar surface area (TPSA) is 105 Å². The van der Waals surface area contributed by atoms with E-state index in [0.29, 0.717) is 46.8 Å². The Hall–Kier alpha value is -4.46. The Labute approximate surface area is 240 Å². The summed E-state index contributed by atoms with van der Waals surface area (Å²) in [5, 5.41) is 0. The molecule has 0 aliphatic heterocycles. The molecule has 3 aromatic rings. The zero-order chi connectivity index (χ0) is 29.6. The summed E-state index contributed by atoms with van der Waals surface area (Å²) in [6.45, 7) is 5.85. The Balaban J connectivity index is 1.52. The van der Waals surface area contributed by atoms with Gasteiger partial charge in [0.2, 0.25) is 0 Å². The zero-order valence-electron chi connectivity index (χ0n) is 23.8. The number of benzene rings is 3. The van der Waals surface area contributed by atoms with Gasteiger partial charge in [-0.3, -0.25) is 9.59 Å². The van der Waals surface area contributed by atoms with E-state index in [-0.39, 0.29) is 17.7 Å². The van der Waals surface area contributed by atoms with Gasteiger partial charge in [0, 0.05) is 12.8 Å². The largest absolute Gasteiger partial charge is 0.427 e. The summed E-state index contributed by atoms with van der Waals surface area (Å²) in [6, 6.07) is 17.0. The fourth-order valence-electron chi connectivity index (χ4n) is 3.85. The highest BCUT2D eigenvalue weighted by atomic mass is 16.5. The van der Waals surface area contributed by atoms with Gasteiger partial charge in [0.05, 0.1) is 11.1 Å². The summed E-state index contributed by atoms with van der Waals surface area (Å²) >= 11 is 0. The molecule has 0 N–H and O–H groups in total. The van der Waals surface area contributed by atoms with E-state index in [1.165, 1.54) is 30.3 Å². The second kappa shape index (κ2) is 16.0. The summed E-state index contributed by atoms with van der Waals surface area (Å²) in [4.78, 5) is 49.0. The van der Waals surface area contributed by atoms with Gasteiger partial charge in [-0.15, -0.1) is 0 Å². The van der Waals surface area contributed by atoms with Crippen LogP contribution in [0.5, 0.6) is 23.0 Å². The maximum absolute atomic E-state index is 12.6. The van der Waals surface area contributed by atoms with Gasteiger partial charge < -0.3 is 18.9 Å². The van der Waals surface area contributed by atoms with Crippen molar-refractivity contribution in [1.82, 2.24) is 0 Å². The standard InChI is InChI=1S/C33H36O8/c1-4-6-8-10-30(34)38-26-16-12-24(13-17-26)32(36)40-28-20-21-29(23(3)22-28)41-33(37)25-14-18-27(19-15-25)39-31(35)11-9-7-5-2/h12-22H,4-11H2,1-3H3. The highest BCUT2D eigenvalue weighted by Gasteiger charge is 2.15. The van der Waals surface area contributed by atoms with E-state index < -0.39 is 11.9 Å². The lowest BCUT2D eigenvalue weighted by Gasteiger charge is -2.11. The fourth-order valence-corrected chi connectivity index (χ4v) is 3.85. The smallest absolute Gasteiger partial charge is 0.343 e. The van der Waals surface area contributed by atoms with E-state index in [2.05, 4.69) is 13.8 Å². The molecule has 216 valence electrons. The van der Waals surface area contributed by atoms with E-state index in [0.717, 1.165) is 38.5 Å². The lowest BCUT2D eigenvalue weighted by atomic mass is 10.2. The highest BCUT2D eigenvalue weighted by Crippen LogP contribution is 2.26. The van der Waals surface area contributed by atoms with Crippen molar-refractivity contribution in [3.8, 4) is 23.0 Å². The number of carbonyl (C=O) groups is 4. The number of unbranched alkanes of at least 4 members (excludes halogenated alkanes) is 4. The normalized spacial score (nSPS) is 10.5. The number of rotatable bonds is 14. The monoisotopic (exact) mass is 560 g/mol. The third-order valence-electron chi connectivity index (χ3n) is 6.17. The van der Waals surface area contributed by atoms with E-state index >= 15 is 0 Å². The van der Waals surface area contributed by atoms with Crippen molar-refractivity contribution in [2.45, 2.75) is 72.1 Å². The van der Waals surface area contributed by atoms with Crippen molar-refractivity contribution in [3.05, 3.63) is 83.4 Å². The summed E-state index contributed by atoms with van der Waals surface area (Å²) in [5.74, 6) is -0.450. The Morgan fingerprint density at radius 3 is 1.41 bits per heavy atom. The molecule has 8 heteroatoms. The van der Waals surface area contributed by atoms with E-state index in [1.807, 2.05) is 0 Å². The minimum atomic E-state index is -0.582. The molecule has 0 saturated heterocycles. The van der Waals surface area contributed by atoms with Crippen molar-refractivity contribution >= 4 is 23.9 Å². The lowest BCUT2D eigenvalue weighted by molar-refractivity contribution is -0.135. The molecule has 0 atom stereocenters. The predicted molar refractivity (Wildman–Crippen MR) is 154 cm³/mol. The molecule has 0 amide bonds. The number of hydrogen-bond donors (Lipinski definition) is 0. The van der Waals surface area contributed by atoms with Crippen LogP contribution in [0.2, 0.25) is 0 Å². The third-order valence-corrected chi connectivity index (χ3v) is 6.17. The molecule has 0 heterocycles. The van der Waals surface area contributed by atoms with Crippen LogP contribution in [-0.4, -0.2) is 23.9 Å². The number of hydrogen-bond acceptors (Lipinski definition) is 8. The third kappa shape index (κ3) is 10.2. The van der Waals surface area contributed by atoms with Gasteiger partial charge in [-0.2, -0.15) is 0 Å². The second-order valence-corrected chi connectivity index (χ2v) is 9.62. The second-order valence-electron chi connectivity index (χ2n) is 9.62. The van der Waals surface area contributed by atoms with Crippen LogP contribution in [0.4, 0.5) is 0 Å². The van der Waals surface area contributed by atoms with Gasteiger partial charge in [0.1, 0.15) is 23.0 Å². The number of esters is 4. The number of carbonyl (C=O) groups excluding carboxylic acids is 4. The van der Waals surface area contributed by atoms with Crippen LogP contribution in [0.15, 0.2) is 66.7 Å². The van der Waals surface area contributed by atoms with Crippen molar-refractivity contribution in [2.24, 2.45) is 0 Å². The van der Waals surface area contributed by atoms with Gasteiger partial charge in [0.25, 0.3) is 0 Å². The quantitative estimate of drug-likeness (QED) is 0.114. The van der Waals surface area contributed by atoms with Crippen molar-refractivity contribution in [2.75, 3.05) is 0 Å². The SMILES string of the molecule is CCCCCC(=O)Oc1ccc(C(=O)Oc2ccc(OC(=O)c3ccc(OC(=O)CCCCC)cc3)c(C)c2)cc1. The van der Waals surface area contributed by atoms with Gasteiger partial charge in [-0.05, 0) is 92.1 Å². The van der Waals surface area contributed by atoms with Crippen molar-refractivity contribution < 1.29 is 38.1 Å².